The predicted molar refractivity (Wildman–Crippen MR) is 77.7 cm³/mol. The van der Waals surface area contributed by atoms with Gasteiger partial charge >= 0.3 is 6.18 Å². The van der Waals surface area contributed by atoms with Gasteiger partial charge in [-0.05, 0) is 31.1 Å². The summed E-state index contributed by atoms with van der Waals surface area (Å²) in [6.07, 6.45) is -4.50. The number of pyridine rings is 1. The standard InChI is InChI=1S/C14H22F3NO2Si/c1-9-11(14(15,16)17)7-10(8-19)18-12(9)20-21(5,6)13(2,3)4/h7,19H,8H2,1-6H3. The molecular weight excluding hydrogens is 299 g/mol. The van der Waals surface area contributed by atoms with Crippen molar-refractivity contribution >= 4 is 8.32 Å². The maximum atomic E-state index is 13.1. The van der Waals surface area contributed by atoms with Gasteiger partial charge in [0.05, 0.1) is 17.9 Å². The summed E-state index contributed by atoms with van der Waals surface area (Å²) in [6, 6.07) is 0.869. The number of halogens is 3. The van der Waals surface area contributed by atoms with Crippen LogP contribution in [0.2, 0.25) is 18.1 Å². The van der Waals surface area contributed by atoms with E-state index in [2.05, 4.69) is 4.98 Å². The number of aliphatic hydroxyl groups is 1. The molecule has 0 fully saturated rings. The normalized spacial score (nSPS) is 13.4. The third-order valence-electron chi connectivity index (χ3n) is 3.91. The van der Waals surface area contributed by atoms with E-state index in [1.165, 1.54) is 6.92 Å². The summed E-state index contributed by atoms with van der Waals surface area (Å²) in [7, 11) is -2.31. The fourth-order valence-corrected chi connectivity index (χ4v) is 2.49. The van der Waals surface area contributed by atoms with Crippen molar-refractivity contribution in [2.75, 3.05) is 0 Å². The van der Waals surface area contributed by atoms with Crippen LogP contribution in [0.4, 0.5) is 13.2 Å². The van der Waals surface area contributed by atoms with Gasteiger partial charge in [0.15, 0.2) is 0 Å². The molecule has 0 aliphatic rings. The maximum absolute atomic E-state index is 13.1. The van der Waals surface area contributed by atoms with Crippen LogP contribution in [-0.2, 0) is 12.8 Å². The van der Waals surface area contributed by atoms with Crippen LogP contribution in [0.5, 0.6) is 5.88 Å². The highest BCUT2D eigenvalue weighted by Gasteiger charge is 2.41. The van der Waals surface area contributed by atoms with Crippen LogP contribution in [0, 0.1) is 6.92 Å². The molecule has 0 saturated heterocycles. The topological polar surface area (TPSA) is 42.4 Å². The Morgan fingerprint density at radius 1 is 1.24 bits per heavy atom. The molecule has 1 aromatic heterocycles. The van der Waals surface area contributed by atoms with Crippen LogP contribution in [0.25, 0.3) is 0 Å². The van der Waals surface area contributed by atoms with E-state index in [0.29, 0.717) is 0 Å². The van der Waals surface area contributed by atoms with Gasteiger partial charge in [-0.2, -0.15) is 13.2 Å². The van der Waals surface area contributed by atoms with Crippen LogP contribution >= 0.6 is 0 Å². The van der Waals surface area contributed by atoms with E-state index in [9.17, 15) is 13.2 Å². The summed E-state index contributed by atoms with van der Waals surface area (Å²) in [5, 5.41) is 8.97. The Bertz CT molecular complexity index is 522. The van der Waals surface area contributed by atoms with E-state index in [-0.39, 0.29) is 22.2 Å². The molecule has 0 unspecified atom stereocenters. The molecule has 120 valence electrons. The Morgan fingerprint density at radius 3 is 2.14 bits per heavy atom. The van der Waals surface area contributed by atoms with E-state index in [4.69, 9.17) is 9.53 Å². The minimum Gasteiger partial charge on any atom is -0.530 e. The van der Waals surface area contributed by atoms with Crippen LogP contribution in [-0.4, -0.2) is 18.4 Å². The van der Waals surface area contributed by atoms with Crippen molar-refractivity contribution in [3.63, 3.8) is 0 Å². The number of rotatable bonds is 3. The third-order valence-corrected chi connectivity index (χ3v) is 8.22. The second-order valence-corrected chi connectivity index (χ2v) is 11.3. The number of hydrogen-bond donors (Lipinski definition) is 1. The molecule has 3 nitrogen and oxygen atoms in total. The van der Waals surface area contributed by atoms with Gasteiger partial charge in [0, 0.05) is 5.56 Å². The minimum absolute atomic E-state index is 0.0273. The lowest BCUT2D eigenvalue weighted by atomic mass is 10.1. The van der Waals surface area contributed by atoms with Gasteiger partial charge in [-0.25, -0.2) is 4.98 Å². The Morgan fingerprint density at radius 2 is 1.76 bits per heavy atom. The Balaban J connectivity index is 3.37. The second-order valence-electron chi connectivity index (χ2n) is 6.61. The molecule has 0 aliphatic heterocycles. The van der Waals surface area contributed by atoms with Crippen molar-refractivity contribution in [1.82, 2.24) is 4.98 Å². The van der Waals surface area contributed by atoms with Gasteiger partial charge in [-0.15, -0.1) is 0 Å². The molecule has 0 aliphatic carbocycles. The molecule has 1 N–H and O–H groups in total. The summed E-state index contributed by atoms with van der Waals surface area (Å²) in [5.41, 5.74) is -0.888. The fourth-order valence-electron chi connectivity index (χ4n) is 1.51. The lowest BCUT2D eigenvalue weighted by molar-refractivity contribution is -0.138. The van der Waals surface area contributed by atoms with Crippen LogP contribution in [0.1, 0.15) is 37.6 Å². The first-order chi connectivity index (χ1) is 9.29. The summed E-state index contributed by atoms with van der Waals surface area (Å²) in [6.45, 7) is 10.6. The largest absolute Gasteiger partial charge is 0.530 e. The summed E-state index contributed by atoms with van der Waals surface area (Å²) >= 11 is 0. The molecule has 1 rings (SSSR count). The van der Waals surface area contributed by atoms with Crippen molar-refractivity contribution in [2.45, 2.75) is 58.6 Å². The molecule has 0 amide bonds. The fraction of sp³-hybridized carbons (Fsp3) is 0.643. The average molecular weight is 321 g/mol. The van der Waals surface area contributed by atoms with Crippen molar-refractivity contribution in [2.24, 2.45) is 0 Å². The van der Waals surface area contributed by atoms with E-state index < -0.39 is 26.7 Å². The number of aliphatic hydroxyl groups excluding tert-OH is 1. The van der Waals surface area contributed by atoms with Crippen molar-refractivity contribution < 1.29 is 22.7 Å². The molecule has 0 spiro atoms. The zero-order chi connectivity index (χ0) is 16.6. The lowest BCUT2D eigenvalue weighted by Crippen LogP contribution is -2.44. The first-order valence-corrected chi connectivity index (χ1v) is 9.58. The number of aromatic nitrogens is 1. The van der Waals surface area contributed by atoms with Gasteiger partial charge in [-0.1, -0.05) is 20.8 Å². The van der Waals surface area contributed by atoms with Crippen molar-refractivity contribution in [3.8, 4) is 5.88 Å². The molecule has 1 heterocycles. The average Bonchev–Trinajstić information content (AvgIpc) is 2.28. The summed E-state index contributed by atoms with van der Waals surface area (Å²) in [5.74, 6) is -0.0273. The number of nitrogens with zero attached hydrogens (tertiary/aromatic N) is 1. The summed E-state index contributed by atoms with van der Waals surface area (Å²) in [4.78, 5) is 4.03. The third kappa shape index (κ3) is 3.97. The quantitative estimate of drug-likeness (QED) is 0.845. The predicted octanol–water partition coefficient (Wildman–Crippen LogP) is 4.29. The van der Waals surface area contributed by atoms with E-state index in [1.54, 1.807) is 0 Å². The Hall–Kier alpha value is -1.08. The molecule has 0 aromatic carbocycles. The van der Waals surface area contributed by atoms with Gasteiger partial charge in [-0.3, -0.25) is 0 Å². The van der Waals surface area contributed by atoms with Crippen LogP contribution < -0.4 is 4.43 Å². The van der Waals surface area contributed by atoms with Gasteiger partial charge < -0.3 is 9.53 Å². The summed E-state index contributed by atoms with van der Waals surface area (Å²) < 4.78 is 45.1. The number of alkyl halides is 3. The van der Waals surface area contributed by atoms with Crippen LogP contribution in [0.3, 0.4) is 0 Å². The second kappa shape index (κ2) is 5.60. The highest BCUT2D eigenvalue weighted by Crippen LogP contribution is 2.40. The highest BCUT2D eigenvalue weighted by atomic mass is 28.4. The molecule has 0 saturated carbocycles. The first kappa shape index (κ1) is 18.0. The van der Waals surface area contributed by atoms with Crippen LogP contribution in [0.15, 0.2) is 6.07 Å². The zero-order valence-corrected chi connectivity index (χ0v) is 14.2. The molecule has 21 heavy (non-hydrogen) atoms. The van der Waals surface area contributed by atoms with Crippen molar-refractivity contribution in [1.29, 1.82) is 0 Å². The zero-order valence-electron chi connectivity index (χ0n) is 13.2. The van der Waals surface area contributed by atoms with Gasteiger partial charge in [0.25, 0.3) is 8.32 Å². The smallest absolute Gasteiger partial charge is 0.416 e. The van der Waals surface area contributed by atoms with E-state index >= 15 is 0 Å². The molecule has 7 heteroatoms. The molecule has 0 radical (unpaired) electrons. The minimum atomic E-state index is -4.50. The van der Waals surface area contributed by atoms with Gasteiger partial charge in [0.2, 0.25) is 5.88 Å². The van der Waals surface area contributed by atoms with E-state index in [1.807, 2.05) is 33.9 Å². The number of hydrogen-bond acceptors (Lipinski definition) is 3. The first-order valence-electron chi connectivity index (χ1n) is 6.67. The molecule has 0 atom stereocenters. The molecule has 1 aromatic rings. The van der Waals surface area contributed by atoms with Gasteiger partial charge in [0.1, 0.15) is 0 Å². The Kier molecular flexibility index (Phi) is 4.80. The molecule has 0 bridgehead atoms. The van der Waals surface area contributed by atoms with Crippen molar-refractivity contribution in [3.05, 3.63) is 22.9 Å². The maximum Gasteiger partial charge on any atom is 0.416 e. The highest BCUT2D eigenvalue weighted by molar-refractivity contribution is 6.74. The monoisotopic (exact) mass is 321 g/mol. The van der Waals surface area contributed by atoms with E-state index in [0.717, 1.165) is 6.07 Å². The lowest BCUT2D eigenvalue weighted by Gasteiger charge is -2.36. The molecular formula is C14H22F3NO2Si. The SMILES string of the molecule is Cc1c(C(F)(F)F)cc(CO)nc1O[Si](C)(C)C(C)(C)C. The Labute approximate surface area is 124 Å².